The highest BCUT2D eigenvalue weighted by Gasteiger charge is 2.51. The number of piperidine rings is 1. The molecule has 1 aliphatic heterocycles. The molecule has 1 heterocycles. The molecule has 0 aromatic heterocycles. The van der Waals surface area contributed by atoms with Gasteiger partial charge in [0.2, 0.25) is 0 Å². The number of anilines is 2. The third-order valence-electron chi connectivity index (χ3n) is 15.8. The zero-order valence-corrected chi connectivity index (χ0v) is 55.0. The van der Waals surface area contributed by atoms with Gasteiger partial charge < -0.3 is 19.5 Å². The van der Waals surface area contributed by atoms with E-state index in [1.807, 2.05) is 136 Å². The third kappa shape index (κ3) is 16.5. The SMILES string of the molecule is CCN(CCO[Si](c1ccccc1)(c1ccccc1)C(C)(C)C)CC[C@H](CSc1ccccc1)Nc1ccc(S(=O)(=O)NC(=O)c2ccc(N3CCC([C@@H](N[S@@](=O)C(C)(C)C)c4ccccc4-c4ccc(Cl)cc4)CC3)cc2)cc1S(=O)(=O)C(F)(F)F. The van der Waals surface area contributed by atoms with Gasteiger partial charge in [0.15, 0.2) is 0 Å². The molecule has 87 heavy (non-hydrogen) atoms. The molecule has 1 fully saturated rings. The average molecular weight is 1300 g/mol. The minimum absolute atomic E-state index is 0.0548. The van der Waals surface area contributed by atoms with Crippen LogP contribution in [0.5, 0.6) is 0 Å². The smallest absolute Gasteiger partial charge is 0.406 e. The van der Waals surface area contributed by atoms with E-state index >= 15 is 0 Å². The summed E-state index contributed by atoms with van der Waals surface area (Å²) in [6.45, 7) is 17.6. The first-order valence-corrected chi connectivity index (χ1v) is 36.4. The molecule has 0 aliphatic carbocycles. The Morgan fingerprint density at radius 3 is 1.90 bits per heavy atom. The fourth-order valence-corrected chi connectivity index (χ4v) is 19.6. The number of carbonyl (C=O) groups excluding carboxylic acids is 1. The molecule has 0 unspecified atom stereocenters. The van der Waals surface area contributed by atoms with Gasteiger partial charge >= 0.3 is 5.51 Å². The molecule has 7 aromatic carbocycles. The van der Waals surface area contributed by atoms with Crippen molar-refractivity contribution >= 4 is 90.2 Å². The molecule has 0 bridgehead atoms. The Balaban J connectivity index is 0.968. The van der Waals surface area contributed by atoms with Crippen molar-refractivity contribution in [1.82, 2.24) is 14.3 Å². The Morgan fingerprint density at radius 1 is 0.759 bits per heavy atom. The minimum Gasteiger partial charge on any atom is -0.406 e. The van der Waals surface area contributed by atoms with Crippen LogP contribution in [0.4, 0.5) is 24.5 Å². The summed E-state index contributed by atoms with van der Waals surface area (Å²) >= 11 is 7.68. The van der Waals surface area contributed by atoms with E-state index in [1.54, 1.807) is 12.1 Å². The first-order chi connectivity index (χ1) is 41.2. The van der Waals surface area contributed by atoms with Crippen molar-refractivity contribution in [2.45, 2.75) is 110 Å². The lowest BCUT2D eigenvalue weighted by Crippen LogP contribution is -2.67. The van der Waals surface area contributed by atoms with E-state index in [9.17, 15) is 39.0 Å². The van der Waals surface area contributed by atoms with E-state index in [1.165, 1.54) is 23.9 Å². The highest BCUT2D eigenvalue weighted by molar-refractivity contribution is 7.99. The molecule has 7 aromatic rings. The highest BCUT2D eigenvalue weighted by atomic mass is 35.5. The summed E-state index contributed by atoms with van der Waals surface area (Å²) in [6.07, 6.45) is 1.80. The third-order valence-corrected chi connectivity index (χ3v) is 26.7. The van der Waals surface area contributed by atoms with Gasteiger partial charge in [-0.15, -0.1) is 11.8 Å². The predicted molar refractivity (Wildman–Crippen MR) is 351 cm³/mol. The van der Waals surface area contributed by atoms with Crippen molar-refractivity contribution in [2.75, 3.05) is 55.3 Å². The van der Waals surface area contributed by atoms with Gasteiger partial charge in [-0.2, -0.15) is 13.2 Å². The molecule has 3 atom stereocenters. The second-order valence-corrected chi connectivity index (χ2v) is 35.1. The van der Waals surface area contributed by atoms with Crippen LogP contribution in [0, 0.1) is 5.92 Å². The predicted octanol–water partition coefficient (Wildman–Crippen LogP) is 13.3. The second kappa shape index (κ2) is 28.8. The van der Waals surface area contributed by atoms with Crippen molar-refractivity contribution in [2.24, 2.45) is 5.92 Å². The maximum absolute atomic E-state index is 14.6. The Hall–Kier alpha value is -5.81. The van der Waals surface area contributed by atoms with Gasteiger partial charge in [0.05, 0.1) is 26.3 Å². The first kappa shape index (κ1) is 67.1. The number of sulfonamides is 1. The minimum atomic E-state index is -6.16. The van der Waals surface area contributed by atoms with Crippen LogP contribution in [0.15, 0.2) is 197 Å². The normalized spacial score (nSPS) is 15.0. The summed E-state index contributed by atoms with van der Waals surface area (Å²) < 4.78 is 125. The molecule has 0 saturated carbocycles. The Morgan fingerprint density at radius 2 is 1.33 bits per heavy atom. The van der Waals surface area contributed by atoms with Crippen molar-refractivity contribution in [3.63, 3.8) is 0 Å². The number of carbonyl (C=O) groups is 1. The van der Waals surface area contributed by atoms with E-state index in [2.05, 4.69) is 77.0 Å². The van der Waals surface area contributed by atoms with Crippen LogP contribution in [0.1, 0.15) is 89.7 Å². The number of hydrogen-bond donors (Lipinski definition) is 3. The monoisotopic (exact) mass is 1300 g/mol. The zero-order chi connectivity index (χ0) is 62.8. The van der Waals surface area contributed by atoms with E-state index in [4.69, 9.17) is 16.0 Å². The Labute approximate surface area is 524 Å². The molecule has 3 N–H and O–H groups in total. The number of halogens is 4. The van der Waals surface area contributed by atoms with Gasteiger partial charge in [0.1, 0.15) is 4.90 Å². The maximum atomic E-state index is 14.6. The Kier molecular flexibility index (Phi) is 22.2. The molecule has 1 aliphatic rings. The van der Waals surface area contributed by atoms with E-state index in [0.29, 0.717) is 62.6 Å². The fraction of sp³-hybridized carbons (Fsp3) is 0.348. The Bertz CT molecular complexity index is 3630. The number of amides is 1. The van der Waals surface area contributed by atoms with Gasteiger partial charge in [-0.25, -0.2) is 30.5 Å². The number of rotatable bonds is 25. The van der Waals surface area contributed by atoms with Crippen LogP contribution in [0.25, 0.3) is 11.1 Å². The van der Waals surface area contributed by atoms with Crippen molar-refractivity contribution < 1.29 is 43.4 Å². The van der Waals surface area contributed by atoms with Gasteiger partial charge in [0.25, 0.3) is 34.1 Å². The van der Waals surface area contributed by atoms with Gasteiger partial charge in [-0.05, 0) is 151 Å². The summed E-state index contributed by atoms with van der Waals surface area (Å²) in [5, 5.41) is 5.72. The molecular weight excluding hydrogens is 1220 g/mol. The zero-order valence-electron chi connectivity index (χ0n) is 50.0. The number of sulfone groups is 1. The first-order valence-electron chi connectivity index (χ1n) is 29.0. The largest absolute Gasteiger partial charge is 0.501 e. The topological polar surface area (TPSA) is 154 Å². The van der Waals surface area contributed by atoms with Gasteiger partial charge in [-0.3, -0.25) is 4.79 Å². The molecule has 0 radical (unpaired) electrons. The molecule has 12 nitrogen and oxygen atoms in total. The number of thioether (sulfide) groups is 1. The summed E-state index contributed by atoms with van der Waals surface area (Å²) in [7, 11) is -15.4. The lowest BCUT2D eigenvalue weighted by molar-refractivity contribution is -0.0436. The number of benzene rings is 7. The molecule has 21 heteroatoms. The number of hydrogen-bond acceptors (Lipinski definition) is 11. The van der Waals surface area contributed by atoms with E-state index in [-0.39, 0.29) is 22.6 Å². The molecule has 1 amide bonds. The van der Waals surface area contributed by atoms with Crippen LogP contribution < -0.4 is 30.0 Å². The molecule has 0 spiro atoms. The second-order valence-electron chi connectivity index (χ2n) is 23.7. The van der Waals surface area contributed by atoms with Crippen LogP contribution in [-0.4, -0.2) is 102 Å². The standard InChI is InChI=1S/C66H77ClF3N5O7S4Si/c1-8-74(44-45-82-87(65(5,6)7,56-22-14-10-15-23-56)57-24-16-11-17-25-57)41-40-52(47-83-54-20-12-9-13-21-54)71-60-37-36-55(46-61(60)85(78,79)66(68,69)70)86(80,81)73-63(76)50-30-34-53(35-31-50)75-42-38-49(39-43-75)62(72-84(77)64(2,3)4)59-27-19-18-26-58(59)48-28-32-51(67)33-29-48/h9-37,46,49,52,62,71-72H,8,38-45,47H2,1-7H3,(H,73,76)/t52-,62-,84+/m1/s1. The summed E-state index contributed by atoms with van der Waals surface area (Å²) in [6, 6.07) is 53.5. The van der Waals surface area contributed by atoms with E-state index in [0.717, 1.165) is 62.6 Å². The number of likely N-dealkylation sites (N-methyl/N-ethyl adjacent to an activating group) is 1. The molecule has 8 rings (SSSR count). The fourth-order valence-electron chi connectivity index (χ4n) is 11.0. The molecule has 1 saturated heterocycles. The van der Waals surface area contributed by atoms with Crippen molar-refractivity contribution in [3.05, 3.63) is 198 Å². The summed E-state index contributed by atoms with van der Waals surface area (Å²) in [5.74, 6) is -0.680. The number of nitrogens with zero attached hydrogens (tertiary/aromatic N) is 2. The van der Waals surface area contributed by atoms with Crippen LogP contribution in [-0.2, 0) is 35.3 Å². The van der Waals surface area contributed by atoms with Gasteiger partial charge in [0, 0.05) is 71.8 Å². The van der Waals surface area contributed by atoms with Crippen LogP contribution in [0.2, 0.25) is 10.1 Å². The van der Waals surface area contributed by atoms with Crippen molar-refractivity contribution in [3.8, 4) is 11.1 Å². The molecular formula is C66H77ClF3N5O7S4Si. The number of alkyl halides is 3. The van der Waals surface area contributed by atoms with Crippen LogP contribution in [0.3, 0.4) is 0 Å². The molecule has 464 valence electrons. The number of nitrogens with one attached hydrogen (secondary N) is 3. The highest BCUT2D eigenvalue weighted by Crippen LogP contribution is 2.41. The lowest BCUT2D eigenvalue weighted by atomic mass is 9.83. The average Bonchev–Trinajstić information content (AvgIpc) is 0.908. The quantitative estimate of drug-likeness (QED) is 0.0370. The lowest BCUT2D eigenvalue weighted by Gasteiger charge is -2.43. The maximum Gasteiger partial charge on any atom is 0.501 e. The van der Waals surface area contributed by atoms with Crippen LogP contribution >= 0.6 is 23.4 Å². The van der Waals surface area contributed by atoms with Crippen molar-refractivity contribution in [1.29, 1.82) is 0 Å². The summed E-state index contributed by atoms with van der Waals surface area (Å²) in [4.78, 5) is 16.8. The van der Waals surface area contributed by atoms with Gasteiger partial charge in [-0.1, -0.05) is 155 Å². The summed E-state index contributed by atoms with van der Waals surface area (Å²) in [5.41, 5.74) is -2.53. The van der Waals surface area contributed by atoms with E-state index < -0.39 is 76.8 Å².